The monoisotopic (exact) mass is 498 g/mol. The molecule has 1 aromatic carbocycles. The summed E-state index contributed by atoms with van der Waals surface area (Å²) < 4.78 is 0. The van der Waals surface area contributed by atoms with Gasteiger partial charge in [-0.25, -0.2) is 0 Å². The van der Waals surface area contributed by atoms with Crippen LogP contribution in [0.15, 0.2) is 24.4 Å². The molecule has 3 N–H and O–H groups in total. The SMILES string of the molecule is CCCN1C[C@H](CSCC(=O)NCCCC[C@H](NC)C(C)=O)C[C@@H]2c3cccc4[nH]cc(c34)C[C@H]21. The van der Waals surface area contributed by atoms with E-state index < -0.39 is 0 Å². The van der Waals surface area contributed by atoms with Crippen molar-refractivity contribution in [3.8, 4) is 0 Å². The van der Waals surface area contributed by atoms with Gasteiger partial charge in [0, 0.05) is 42.1 Å². The number of amides is 1. The first kappa shape index (κ1) is 26.2. The topological polar surface area (TPSA) is 77.2 Å². The number of hydrogen-bond donors (Lipinski definition) is 3. The number of aromatic nitrogens is 1. The molecule has 2 heterocycles. The minimum absolute atomic E-state index is 0.0661. The number of likely N-dealkylation sites (tertiary alicyclic amines) is 1. The Labute approximate surface area is 214 Å². The first-order valence-corrected chi connectivity index (χ1v) is 14.5. The maximum atomic E-state index is 12.4. The summed E-state index contributed by atoms with van der Waals surface area (Å²) in [6.45, 7) is 6.88. The van der Waals surface area contributed by atoms with Gasteiger partial charge in [0.05, 0.1) is 11.8 Å². The number of piperidine rings is 1. The van der Waals surface area contributed by atoms with Gasteiger partial charge in [0.1, 0.15) is 5.78 Å². The molecule has 1 aliphatic carbocycles. The number of H-pyrrole nitrogens is 1. The van der Waals surface area contributed by atoms with Crippen molar-refractivity contribution >= 4 is 34.4 Å². The lowest BCUT2D eigenvalue weighted by Crippen LogP contribution is -2.50. The van der Waals surface area contributed by atoms with Crippen LogP contribution in [0.2, 0.25) is 0 Å². The van der Waals surface area contributed by atoms with Crippen molar-refractivity contribution in [2.45, 2.75) is 70.4 Å². The van der Waals surface area contributed by atoms with Crippen LogP contribution >= 0.6 is 11.8 Å². The molecule has 1 aliphatic heterocycles. The molecule has 6 nitrogen and oxygen atoms in total. The van der Waals surface area contributed by atoms with E-state index in [1.165, 1.54) is 34.9 Å². The number of nitrogens with zero attached hydrogens (tertiary/aromatic N) is 1. The van der Waals surface area contributed by atoms with E-state index in [1.54, 1.807) is 18.7 Å². The summed E-state index contributed by atoms with van der Waals surface area (Å²) in [5.74, 6) is 3.07. The Hall–Kier alpha value is -1.83. The highest BCUT2D eigenvalue weighted by Crippen LogP contribution is 2.45. The van der Waals surface area contributed by atoms with Crippen LogP contribution < -0.4 is 10.6 Å². The zero-order valence-electron chi connectivity index (χ0n) is 21.6. The molecular weight excluding hydrogens is 456 g/mol. The van der Waals surface area contributed by atoms with Crippen LogP contribution in [0.4, 0.5) is 0 Å². The number of rotatable bonds is 13. The van der Waals surface area contributed by atoms with E-state index in [1.807, 2.05) is 7.05 Å². The number of likely N-dealkylation sites (N-methyl/N-ethyl adjacent to an activating group) is 1. The van der Waals surface area contributed by atoms with Crippen molar-refractivity contribution < 1.29 is 9.59 Å². The second-order valence-electron chi connectivity index (χ2n) is 10.4. The predicted octanol–water partition coefficient (Wildman–Crippen LogP) is 4.10. The number of Topliss-reactive ketones (excluding diaryl/α,β-unsaturated/α-hetero) is 1. The van der Waals surface area contributed by atoms with Crippen LogP contribution in [0.3, 0.4) is 0 Å². The lowest BCUT2D eigenvalue weighted by molar-refractivity contribution is -0.119. The van der Waals surface area contributed by atoms with Gasteiger partial charge in [0.25, 0.3) is 0 Å². The van der Waals surface area contributed by atoms with Crippen LogP contribution in [-0.4, -0.2) is 71.8 Å². The summed E-state index contributed by atoms with van der Waals surface area (Å²) in [5, 5.41) is 7.57. The number of ketones is 1. The summed E-state index contributed by atoms with van der Waals surface area (Å²) in [6, 6.07) is 7.27. The number of hydrogen-bond acceptors (Lipinski definition) is 5. The molecule has 0 radical (unpaired) electrons. The molecule has 1 amide bonds. The van der Waals surface area contributed by atoms with Gasteiger partial charge in [-0.15, -0.1) is 0 Å². The number of unbranched alkanes of at least 4 members (excludes halogenated alkanes) is 1. The molecule has 0 bridgehead atoms. The van der Waals surface area contributed by atoms with E-state index in [0.717, 1.165) is 44.5 Å². The fourth-order valence-corrected chi connectivity index (χ4v) is 7.17. The molecule has 2 aromatic rings. The summed E-state index contributed by atoms with van der Waals surface area (Å²) in [7, 11) is 1.82. The summed E-state index contributed by atoms with van der Waals surface area (Å²) in [6.07, 6.45) is 8.43. The molecule has 35 heavy (non-hydrogen) atoms. The average molecular weight is 499 g/mol. The largest absolute Gasteiger partial charge is 0.361 e. The first-order valence-electron chi connectivity index (χ1n) is 13.4. The van der Waals surface area contributed by atoms with Gasteiger partial charge in [-0.1, -0.05) is 19.1 Å². The number of nitrogens with one attached hydrogen (secondary N) is 3. The molecule has 192 valence electrons. The fraction of sp³-hybridized carbons (Fsp3) is 0.643. The number of carbonyl (C=O) groups excluding carboxylic acids is 2. The normalized spacial score (nSPS) is 22.7. The Balaban J connectivity index is 1.24. The van der Waals surface area contributed by atoms with Gasteiger partial charge < -0.3 is 15.6 Å². The summed E-state index contributed by atoms with van der Waals surface area (Å²) >= 11 is 1.78. The minimum Gasteiger partial charge on any atom is -0.361 e. The smallest absolute Gasteiger partial charge is 0.229 e. The quantitative estimate of drug-likeness (QED) is 0.363. The minimum atomic E-state index is -0.0661. The van der Waals surface area contributed by atoms with Gasteiger partial charge in [0.15, 0.2) is 0 Å². The Morgan fingerprint density at radius 1 is 1.29 bits per heavy atom. The van der Waals surface area contributed by atoms with Crippen LogP contribution in [0.25, 0.3) is 10.9 Å². The maximum Gasteiger partial charge on any atom is 0.229 e. The lowest BCUT2D eigenvalue weighted by atomic mass is 9.72. The molecule has 2 aliphatic rings. The van der Waals surface area contributed by atoms with E-state index in [9.17, 15) is 9.59 Å². The van der Waals surface area contributed by atoms with Gasteiger partial charge in [0.2, 0.25) is 5.91 Å². The maximum absolute atomic E-state index is 12.4. The molecular formula is C28H42N4O2S. The highest BCUT2D eigenvalue weighted by molar-refractivity contribution is 7.99. The standard InChI is InChI=1S/C28H42N4O2S/c1-4-12-32-16-20(17-35-18-27(34)30-11-6-5-9-24(29-3)19(2)33)13-23-22-8-7-10-25-28(22)21(15-31-25)14-26(23)32/h7-8,10,15,20,23-24,26,29,31H,4-6,9,11-14,16-18H2,1-3H3,(H,30,34)/t20-,23-,24+,26-/m1/s1. The third kappa shape index (κ3) is 6.30. The highest BCUT2D eigenvalue weighted by Gasteiger charge is 2.40. The number of benzene rings is 1. The molecule has 1 aromatic heterocycles. The second kappa shape index (κ2) is 12.4. The van der Waals surface area contributed by atoms with Crippen molar-refractivity contribution in [1.29, 1.82) is 0 Å². The number of fused-ring (bicyclic) bond motifs is 2. The number of thioether (sulfide) groups is 1. The molecule has 4 rings (SSSR count). The number of carbonyl (C=O) groups is 2. The Bertz CT molecular complexity index is 1010. The van der Waals surface area contributed by atoms with Crippen molar-refractivity contribution in [3.05, 3.63) is 35.5 Å². The average Bonchev–Trinajstić information content (AvgIpc) is 3.26. The zero-order chi connectivity index (χ0) is 24.8. The van der Waals surface area contributed by atoms with Crippen LogP contribution in [0.1, 0.15) is 63.0 Å². The third-order valence-electron chi connectivity index (χ3n) is 7.84. The zero-order valence-corrected chi connectivity index (χ0v) is 22.4. The van der Waals surface area contributed by atoms with E-state index >= 15 is 0 Å². The highest BCUT2D eigenvalue weighted by atomic mass is 32.2. The summed E-state index contributed by atoms with van der Waals surface area (Å²) in [4.78, 5) is 30.1. The van der Waals surface area contributed by atoms with Crippen molar-refractivity contribution in [2.75, 3.05) is 38.2 Å². The van der Waals surface area contributed by atoms with Crippen LogP contribution in [0.5, 0.6) is 0 Å². The van der Waals surface area contributed by atoms with Crippen LogP contribution in [-0.2, 0) is 16.0 Å². The third-order valence-corrected chi connectivity index (χ3v) is 9.01. The van der Waals surface area contributed by atoms with Crippen molar-refractivity contribution in [2.24, 2.45) is 5.92 Å². The molecule has 0 saturated carbocycles. The van der Waals surface area contributed by atoms with Gasteiger partial charge >= 0.3 is 0 Å². The molecule has 0 unspecified atom stereocenters. The molecule has 1 fully saturated rings. The Morgan fingerprint density at radius 2 is 2.14 bits per heavy atom. The first-order chi connectivity index (χ1) is 17.0. The van der Waals surface area contributed by atoms with E-state index in [0.29, 0.717) is 30.2 Å². The van der Waals surface area contributed by atoms with Crippen molar-refractivity contribution in [3.63, 3.8) is 0 Å². The van der Waals surface area contributed by atoms with E-state index in [-0.39, 0.29) is 17.7 Å². The van der Waals surface area contributed by atoms with Gasteiger partial charge in [-0.3, -0.25) is 14.5 Å². The number of aromatic amines is 1. The fourth-order valence-electron chi connectivity index (χ4n) is 6.19. The molecule has 4 atom stereocenters. The van der Waals surface area contributed by atoms with E-state index in [4.69, 9.17) is 0 Å². The molecule has 1 saturated heterocycles. The second-order valence-corrected chi connectivity index (χ2v) is 11.4. The summed E-state index contributed by atoms with van der Waals surface area (Å²) in [5.41, 5.74) is 4.27. The van der Waals surface area contributed by atoms with Crippen LogP contribution in [0, 0.1) is 5.92 Å². The molecule has 7 heteroatoms. The predicted molar refractivity (Wildman–Crippen MR) is 146 cm³/mol. The lowest BCUT2D eigenvalue weighted by Gasteiger charge is -2.47. The Kier molecular flexibility index (Phi) is 9.31. The van der Waals surface area contributed by atoms with Gasteiger partial charge in [-0.2, -0.15) is 11.8 Å². The Morgan fingerprint density at radius 3 is 2.91 bits per heavy atom. The van der Waals surface area contributed by atoms with E-state index in [2.05, 4.69) is 51.8 Å². The van der Waals surface area contributed by atoms with Crippen molar-refractivity contribution in [1.82, 2.24) is 20.5 Å². The molecule has 0 spiro atoms. The van der Waals surface area contributed by atoms with Gasteiger partial charge in [-0.05, 0) is 87.9 Å².